The highest BCUT2D eigenvalue weighted by Crippen LogP contribution is 2.22. The summed E-state index contributed by atoms with van der Waals surface area (Å²) in [6.07, 6.45) is 2.59. The molecular weight excluding hydrogens is 312 g/mol. The highest BCUT2D eigenvalue weighted by Gasteiger charge is 2.33. The molecule has 2 atom stereocenters. The first kappa shape index (κ1) is 15.7. The summed E-state index contributed by atoms with van der Waals surface area (Å²) in [6, 6.07) is 8.75. The van der Waals surface area contributed by atoms with E-state index in [9.17, 15) is 4.79 Å². The molecular formula is C17H23N2OS2+. The Morgan fingerprint density at radius 2 is 2.05 bits per heavy atom. The molecule has 0 aliphatic carbocycles. The van der Waals surface area contributed by atoms with Gasteiger partial charge in [-0.05, 0) is 37.4 Å². The highest BCUT2D eigenvalue weighted by molar-refractivity contribution is 7.14. The van der Waals surface area contributed by atoms with Crippen LogP contribution in [0.15, 0.2) is 29.6 Å². The summed E-state index contributed by atoms with van der Waals surface area (Å²) in [6.45, 7) is 6.60. The van der Waals surface area contributed by atoms with E-state index in [1.165, 1.54) is 35.7 Å². The number of thiophene rings is 2. The molecule has 0 radical (unpaired) electrons. The second kappa shape index (κ2) is 6.94. The van der Waals surface area contributed by atoms with Crippen LogP contribution >= 0.6 is 22.7 Å². The Balaban J connectivity index is 1.74. The van der Waals surface area contributed by atoms with E-state index in [4.69, 9.17) is 0 Å². The van der Waals surface area contributed by atoms with E-state index in [0.29, 0.717) is 6.04 Å². The molecule has 0 unspecified atom stereocenters. The molecule has 2 aromatic rings. The van der Waals surface area contributed by atoms with Crippen molar-refractivity contribution in [1.29, 1.82) is 0 Å². The highest BCUT2D eigenvalue weighted by atomic mass is 32.1. The first-order valence-electron chi connectivity index (χ1n) is 7.90. The third-order valence-corrected chi connectivity index (χ3v) is 6.31. The fourth-order valence-electron chi connectivity index (χ4n) is 3.33. The fraction of sp³-hybridized carbons (Fsp3) is 0.471. The van der Waals surface area contributed by atoms with Crippen molar-refractivity contribution in [1.82, 2.24) is 5.32 Å². The molecule has 0 saturated carbocycles. The lowest BCUT2D eigenvalue weighted by molar-refractivity contribution is -0.920. The number of nitrogens with one attached hydrogen (secondary N) is 2. The van der Waals surface area contributed by atoms with Crippen LogP contribution in [0.5, 0.6) is 0 Å². The van der Waals surface area contributed by atoms with Crippen molar-refractivity contribution in [2.24, 2.45) is 0 Å². The lowest BCUT2D eigenvalue weighted by Crippen LogP contribution is -3.11. The molecule has 0 spiro atoms. The average molecular weight is 336 g/mol. The Hall–Kier alpha value is -1.17. The van der Waals surface area contributed by atoms with E-state index in [1.807, 2.05) is 19.1 Å². The Morgan fingerprint density at radius 1 is 1.27 bits per heavy atom. The average Bonchev–Trinajstić information content (AvgIpc) is 3.20. The van der Waals surface area contributed by atoms with Crippen LogP contribution in [0.25, 0.3) is 0 Å². The summed E-state index contributed by atoms with van der Waals surface area (Å²) in [7, 11) is 0. The minimum absolute atomic E-state index is 0.0609. The molecule has 5 heteroatoms. The summed E-state index contributed by atoms with van der Waals surface area (Å²) in [5, 5.41) is 5.37. The Labute approximate surface area is 140 Å². The number of amides is 1. The molecule has 1 fully saturated rings. The number of hydrogen-bond acceptors (Lipinski definition) is 3. The van der Waals surface area contributed by atoms with Crippen LogP contribution in [0.4, 0.5) is 0 Å². The van der Waals surface area contributed by atoms with Gasteiger partial charge in [-0.15, -0.1) is 22.7 Å². The Bertz CT molecular complexity index is 614. The number of quaternary nitrogens is 1. The molecule has 2 N–H and O–H groups in total. The van der Waals surface area contributed by atoms with Crippen molar-refractivity contribution >= 4 is 28.6 Å². The standard InChI is InChI=1S/C17H22N2OS2/c1-12-7-8-15(22-12)17(20)18-13(2)16(14-6-5-11-21-14)19-9-3-4-10-19/h5-8,11,13,16H,3-4,9-10H2,1-2H3,(H,18,20)/p+1/t13-,16-/m1/s1. The summed E-state index contributed by atoms with van der Waals surface area (Å²) in [5.41, 5.74) is 0. The lowest BCUT2D eigenvalue weighted by Gasteiger charge is -2.29. The maximum atomic E-state index is 12.5. The van der Waals surface area contributed by atoms with Gasteiger partial charge >= 0.3 is 0 Å². The van der Waals surface area contributed by atoms with Crippen molar-refractivity contribution in [2.75, 3.05) is 13.1 Å². The maximum absolute atomic E-state index is 12.5. The van der Waals surface area contributed by atoms with Crippen LogP contribution in [0.1, 0.15) is 45.2 Å². The maximum Gasteiger partial charge on any atom is 0.261 e. The molecule has 2 aromatic heterocycles. The van der Waals surface area contributed by atoms with Crippen LogP contribution in [0, 0.1) is 6.92 Å². The van der Waals surface area contributed by atoms with E-state index in [1.54, 1.807) is 27.6 Å². The van der Waals surface area contributed by atoms with E-state index >= 15 is 0 Å². The van der Waals surface area contributed by atoms with Crippen LogP contribution in [0.3, 0.4) is 0 Å². The second-order valence-electron chi connectivity index (χ2n) is 6.03. The minimum Gasteiger partial charge on any atom is -0.342 e. The summed E-state index contributed by atoms with van der Waals surface area (Å²) in [5.74, 6) is 0.0609. The van der Waals surface area contributed by atoms with Gasteiger partial charge in [0, 0.05) is 17.7 Å². The van der Waals surface area contributed by atoms with Crippen molar-refractivity contribution < 1.29 is 9.69 Å². The molecule has 1 aliphatic heterocycles. The Morgan fingerprint density at radius 3 is 2.64 bits per heavy atom. The van der Waals surface area contributed by atoms with Gasteiger partial charge < -0.3 is 10.2 Å². The number of rotatable bonds is 5. The van der Waals surface area contributed by atoms with E-state index in [-0.39, 0.29) is 11.9 Å². The summed E-state index contributed by atoms with van der Waals surface area (Å²) < 4.78 is 0. The van der Waals surface area contributed by atoms with Crippen LogP contribution < -0.4 is 10.2 Å². The molecule has 0 aromatic carbocycles. The topological polar surface area (TPSA) is 33.5 Å². The molecule has 3 rings (SSSR count). The van der Waals surface area contributed by atoms with Crippen molar-refractivity contribution in [3.63, 3.8) is 0 Å². The molecule has 22 heavy (non-hydrogen) atoms. The largest absolute Gasteiger partial charge is 0.342 e. The number of likely N-dealkylation sites (tertiary alicyclic amines) is 1. The van der Waals surface area contributed by atoms with Crippen molar-refractivity contribution in [3.05, 3.63) is 44.3 Å². The zero-order chi connectivity index (χ0) is 15.5. The molecule has 1 aliphatic rings. The molecule has 118 valence electrons. The summed E-state index contributed by atoms with van der Waals surface area (Å²) >= 11 is 3.37. The normalized spacial score (nSPS) is 18.3. The Kier molecular flexibility index (Phi) is 4.96. The molecule has 1 amide bonds. The van der Waals surface area contributed by atoms with Gasteiger partial charge in [-0.1, -0.05) is 6.07 Å². The van der Waals surface area contributed by atoms with Gasteiger partial charge in [0.25, 0.3) is 5.91 Å². The molecule has 3 heterocycles. The fourth-order valence-corrected chi connectivity index (χ4v) is 5.09. The number of hydrogen-bond donors (Lipinski definition) is 2. The van der Waals surface area contributed by atoms with E-state index < -0.39 is 0 Å². The number of aryl methyl sites for hydroxylation is 1. The van der Waals surface area contributed by atoms with Gasteiger partial charge in [0.15, 0.2) is 0 Å². The van der Waals surface area contributed by atoms with Gasteiger partial charge in [0.1, 0.15) is 6.04 Å². The van der Waals surface area contributed by atoms with Crippen molar-refractivity contribution in [3.8, 4) is 0 Å². The van der Waals surface area contributed by atoms with Crippen LogP contribution in [-0.2, 0) is 0 Å². The molecule has 3 nitrogen and oxygen atoms in total. The predicted octanol–water partition coefficient (Wildman–Crippen LogP) is 2.66. The number of carbonyl (C=O) groups is 1. The zero-order valence-electron chi connectivity index (χ0n) is 13.1. The van der Waals surface area contributed by atoms with Gasteiger partial charge in [-0.25, -0.2) is 0 Å². The van der Waals surface area contributed by atoms with Gasteiger partial charge in [-0.2, -0.15) is 0 Å². The van der Waals surface area contributed by atoms with E-state index in [2.05, 4.69) is 29.8 Å². The first-order chi connectivity index (χ1) is 10.6. The molecule has 0 bridgehead atoms. The minimum atomic E-state index is 0.0609. The van der Waals surface area contributed by atoms with Crippen LogP contribution in [0.2, 0.25) is 0 Å². The first-order valence-corrected chi connectivity index (χ1v) is 9.60. The van der Waals surface area contributed by atoms with Gasteiger partial charge in [0.2, 0.25) is 0 Å². The third kappa shape index (κ3) is 3.42. The number of carbonyl (C=O) groups excluding carboxylic acids is 1. The van der Waals surface area contributed by atoms with Crippen molar-refractivity contribution in [2.45, 2.75) is 38.8 Å². The third-order valence-electron chi connectivity index (χ3n) is 4.36. The molecule has 1 saturated heterocycles. The van der Waals surface area contributed by atoms with Gasteiger partial charge in [0.05, 0.1) is 28.9 Å². The monoisotopic (exact) mass is 335 g/mol. The van der Waals surface area contributed by atoms with E-state index in [0.717, 1.165) is 4.88 Å². The lowest BCUT2D eigenvalue weighted by atomic mass is 10.1. The smallest absolute Gasteiger partial charge is 0.261 e. The van der Waals surface area contributed by atoms with Crippen LogP contribution in [-0.4, -0.2) is 25.0 Å². The summed E-state index contributed by atoms with van der Waals surface area (Å²) in [4.78, 5) is 17.4. The second-order valence-corrected chi connectivity index (χ2v) is 8.30. The predicted molar refractivity (Wildman–Crippen MR) is 93.0 cm³/mol. The van der Waals surface area contributed by atoms with Gasteiger partial charge in [-0.3, -0.25) is 4.79 Å². The SMILES string of the molecule is Cc1ccc(C(=O)N[C@H](C)[C@H](c2cccs2)[NH+]2CCCC2)s1. The zero-order valence-corrected chi connectivity index (χ0v) is 14.7. The quantitative estimate of drug-likeness (QED) is 0.865.